The Hall–Kier alpha value is -5.24. The number of halogens is 5. The van der Waals surface area contributed by atoms with Crippen molar-refractivity contribution in [3.63, 3.8) is 0 Å². The molecule has 0 spiro atoms. The lowest BCUT2D eigenvalue weighted by molar-refractivity contribution is 0.366. The summed E-state index contributed by atoms with van der Waals surface area (Å²) in [6.45, 7) is 14.7. The third kappa shape index (κ3) is 3.16. The molecule has 1 aliphatic carbocycles. The van der Waals surface area contributed by atoms with Crippen LogP contribution in [0, 0.1) is 76.2 Å². The summed E-state index contributed by atoms with van der Waals surface area (Å²) in [6.07, 6.45) is 0. The molecule has 4 rings (SSSR count). The van der Waals surface area contributed by atoms with Gasteiger partial charge in [-0.15, -0.1) is 0 Å². The van der Waals surface area contributed by atoms with Crippen molar-refractivity contribution in [1.29, 1.82) is 15.8 Å². The predicted molar refractivity (Wildman–Crippen MR) is 110 cm³/mol. The first-order valence-electron chi connectivity index (χ1n) is 9.56. The Labute approximate surface area is 194 Å². The fourth-order valence-electron chi connectivity index (χ4n) is 4.28. The van der Waals surface area contributed by atoms with Crippen LogP contribution in [0.2, 0.25) is 0 Å². The Morgan fingerprint density at radius 2 is 1.14 bits per heavy atom. The lowest BCUT2D eigenvalue weighted by Crippen LogP contribution is -2.16. The zero-order valence-corrected chi connectivity index (χ0v) is 17.1. The summed E-state index contributed by atoms with van der Waals surface area (Å²) in [4.78, 5) is 6.52. The van der Waals surface area contributed by atoms with Gasteiger partial charge in [0.25, 0.3) is 0 Å². The topological polar surface area (TPSA) is 80.1 Å². The maximum absolute atomic E-state index is 14.7. The van der Waals surface area contributed by atoms with Crippen LogP contribution >= 0.6 is 0 Å². The molecule has 166 valence electrons. The van der Waals surface area contributed by atoms with Crippen molar-refractivity contribution in [2.45, 2.75) is 11.8 Å². The second-order valence-corrected chi connectivity index (χ2v) is 7.43. The van der Waals surface area contributed by atoms with E-state index < -0.39 is 46.5 Å². The first-order chi connectivity index (χ1) is 16.7. The van der Waals surface area contributed by atoms with Crippen LogP contribution in [-0.4, -0.2) is 0 Å². The van der Waals surface area contributed by atoms with Gasteiger partial charge in [0.15, 0.2) is 34.6 Å². The molecule has 3 aromatic carbocycles. The molecule has 2 atom stereocenters. The maximum Gasteiger partial charge on any atom is 0.200 e. The summed E-state index contributed by atoms with van der Waals surface area (Å²) in [7, 11) is 0. The summed E-state index contributed by atoms with van der Waals surface area (Å²) >= 11 is 0. The van der Waals surface area contributed by atoms with E-state index in [9.17, 15) is 37.7 Å². The van der Waals surface area contributed by atoms with Gasteiger partial charge in [-0.05, 0) is 34.4 Å². The SMILES string of the molecule is [C-]#[N+]c1cc2c(cc1[N+]#[C-])C(C(C#N)c1c(F)c(F)c(F)c(F)c1F)c1cc(C#N)c(C#N)cc1-2. The molecule has 3 aromatic rings. The molecule has 10 heteroatoms. The van der Waals surface area contributed by atoms with E-state index in [-0.39, 0.29) is 44.8 Å². The highest BCUT2D eigenvalue weighted by Gasteiger charge is 2.41. The van der Waals surface area contributed by atoms with Gasteiger partial charge in [0.1, 0.15) is 12.1 Å². The van der Waals surface area contributed by atoms with Gasteiger partial charge in [-0.3, -0.25) is 9.69 Å². The van der Waals surface area contributed by atoms with Crippen LogP contribution in [-0.2, 0) is 0 Å². The van der Waals surface area contributed by atoms with Crippen molar-refractivity contribution >= 4 is 11.4 Å². The summed E-state index contributed by atoms with van der Waals surface area (Å²) < 4.78 is 71.1. The summed E-state index contributed by atoms with van der Waals surface area (Å²) in [5.74, 6) is -14.5. The fourth-order valence-corrected chi connectivity index (χ4v) is 4.28. The zero-order valence-electron chi connectivity index (χ0n) is 17.1. The number of nitriles is 3. The molecule has 0 saturated heterocycles. The van der Waals surface area contributed by atoms with Gasteiger partial charge in [-0.2, -0.15) is 15.8 Å². The average molecular weight is 471 g/mol. The minimum absolute atomic E-state index is 0.0683. The van der Waals surface area contributed by atoms with Gasteiger partial charge in [0.2, 0.25) is 5.82 Å². The molecule has 0 fully saturated rings. The van der Waals surface area contributed by atoms with Crippen LogP contribution in [0.5, 0.6) is 0 Å². The summed E-state index contributed by atoms with van der Waals surface area (Å²) in [5.41, 5.74) is -1.16. The van der Waals surface area contributed by atoms with Crippen molar-refractivity contribution in [1.82, 2.24) is 0 Å². The van der Waals surface area contributed by atoms with Crippen molar-refractivity contribution < 1.29 is 22.0 Å². The predicted octanol–water partition coefficient (Wildman–Crippen LogP) is 6.65. The van der Waals surface area contributed by atoms with Crippen LogP contribution in [0.3, 0.4) is 0 Å². The minimum Gasteiger partial charge on any atom is -0.250 e. The molecule has 0 saturated carbocycles. The Bertz CT molecular complexity index is 1570. The summed E-state index contributed by atoms with van der Waals surface area (Å²) in [5, 5.41) is 28.8. The molecule has 0 aliphatic heterocycles. The lowest BCUT2D eigenvalue weighted by atomic mass is 9.79. The molecule has 35 heavy (non-hydrogen) atoms. The maximum atomic E-state index is 14.7. The minimum atomic E-state index is -2.38. The second-order valence-electron chi connectivity index (χ2n) is 7.43. The van der Waals surface area contributed by atoms with E-state index >= 15 is 0 Å². The number of rotatable bonds is 2. The van der Waals surface area contributed by atoms with Gasteiger partial charge in [-0.25, -0.2) is 22.0 Å². The van der Waals surface area contributed by atoms with E-state index in [4.69, 9.17) is 13.1 Å². The Morgan fingerprint density at radius 1 is 0.686 bits per heavy atom. The standard InChI is InChI=1S/C25H6F5N5/c1-34-17-5-13-12-3-10(7-31)11(8-32)4-14(12)19(15(13)6-18(17)35-2)16(9-33)20-21(26)23(28)25(30)24(29)22(20)27/h3-6,16,19H. The molecule has 0 amide bonds. The second kappa shape index (κ2) is 8.27. The molecule has 1 aliphatic rings. The van der Waals surface area contributed by atoms with Crippen molar-refractivity contribution in [2.24, 2.45) is 0 Å². The molecule has 5 nitrogen and oxygen atoms in total. The smallest absolute Gasteiger partial charge is 0.200 e. The molecular weight excluding hydrogens is 465 g/mol. The molecule has 0 N–H and O–H groups in total. The average Bonchev–Trinajstić information content (AvgIpc) is 3.18. The molecule has 0 aromatic heterocycles. The van der Waals surface area contributed by atoms with E-state index in [2.05, 4.69) is 9.69 Å². The lowest BCUT2D eigenvalue weighted by Gasteiger charge is -2.22. The Kier molecular flexibility index (Phi) is 5.42. The molecule has 0 radical (unpaired) electrons. The highest BCUT2D eigenvalue weighted by molar-refractivity contribution is 5.88. The third-order valence-corrected chi connectivity index (χ3v) is 5.81. The summed E-state index contributed by atoms with van der Waals surface area (Å²) in [6, 6.07) is 10.2. The van der Waals surface area contributed by atoms with Gasteiger partial charge >= 0.3 is 0 Å². The van der Waals surface area contributed by atoms with Gasteiger partial charge in [0.05, 0.1) is 36.3 Å². The largest absolute Gasteiger partial charge is 0.250 e. The molecule has 0 bridgehead atoms. The van der Waals surface area contributed by atoms with Crippen LogP contribution in [0.25, 0.3) is 20.8 Å². The number of hydrogen-bond acceptors (Lipinski definition) is 3. The van der Waals surface area contributed by atoms with Crippen LogP contribution in [0.15, 0.2) is 24.3 Å². The molecule has 0 heterocycles. The quantitative estimate of drug-likeness (QED) is 0.182. The first kappa shape index (κ1) is 22.9. The van der Waals surface area contributed by atoms with Crippen LogP contribution in [0.4, 0.5) is 33.3 Å². The van der Waals surface area contributed by atoms with Crippen molar-refractivity contribution in [3.8, 4) is 29.3 Å². The van der Waals surface area contributed by atoms with E-state index in [0.29, 0.717) is 0 Å². The van der Waals surface area contributed by atoms with Crippen LogP contribution in [0.1, 0.15) is 39.7 Å². The van der Waals surface area contributed by atoms with Gasteiger partial charge in [0, 0.05) is 11.5 Å². The number of benzene rings is 3. The molecular formula is C25H6F5N5. The monoisotopic (exact) mass is 471 g/mol. The highest BCUT2D eigenvalue weighted by Crippen LogP contribution is 2.55. The number of hydrogen-bond donors (Lipinski definition) is 0. The van der Waals surface area contributed by atoms with Crippen LogP contribution < -0.4 is 0 Å². The Morgan fingerprint density at radius 3 is 1.66 bits per heavy atom. The normalized spacial score (nSPS) is 13.9. The van der Waals surface area contributed by atoms with Crippen molar-refractivity contribution in [3.05, 3.63) is 104 Å². The van der Waals surface area contributed by atoms with E-state index in [1.165, 1.54) is 24.3 Å². The zero-order chi connectivity index (χ0) is 25.6. The van der Waals surface area contributed by atoms with Crippen molar-refractivity contribution in [2.75, 3.05) is 0 Å². The third-order valence-electron chi connectivity index (χ3n) is 5.81. The van der Waals surface area contributed by atoms with E-state index in [0.717, 1.165) is 0 Å². The van der Waals surface area contributed by atoms with Gasteiger partial charge in [-0.1, -0.05) is 12.1 Å². The number of nitrogens with zero attached hydrogens (tertiary/aromatic N) is 5. The highest BCUT2D eigenvalue weighted by atomic mass is 19.2. The fraction of sp³-hybridized carbons (Fsp3) is 0.0800. The Balaban J connectivity index is 2.13. The number of fused-ring (bicyclic) bond motifs is 3. The molecule has 2 unspecified atom stereocenters. The van der Waals surface area contributed by atoms with E-state index in [1.807, 2.05) is 6.07 Å². The first-order valence-corrected chi connectivity index (χ1v) is 9.56. The van der Waals surface area contributed by atoms with E-state index in [1.54, 1.807) is 12.1 Å². The van der Waals surface area contributed by atoms with Gasteiger partial charge < -0.3 is 0 Å².